The first-order valence-corrected chi connectivity index (χ1v) is 10.3. The molecule has 3 aromatic carbocycles. The highest BCUT2D eigenvalue weighted by Gasteiger charge is 2.23. The quantitative estimate of drug-likeness (QED) is 0.439. The fraction of sp³-hybridized carbons (Fsp3) is 0.160. The number of hydrogen-bond donors (Lipinski definition) is 1. The Balaban J connectivity index is 1.61. The van der Waals surface area contributed by atoms with Gasteiger partial charge in [0.25, 0.3) is 5.91 Å². The molecule has 0 bridgehead atoms. The molecule has 0 aliphatic heterocycles. The van der Waals surface area contributed by atoms with Crippen molar-refractivity contribution in [3.8, 4) is 22.9 Å². The van der Waals surface area contributed by atoms with E-state index in [-0.39, 0.29) is 5.91 Å². The molecule has 0 saturated heterocycles. The fourth-order valence-corrected chi connectivity index (χ4v) is 3.15. The summed E-state index contributed by atoms with van der Waals surface area (Å²) in [7, 11) is 1.61. The Labute approximate surface area is 186 Å². The van der Waals surface area contributed by atoms with E-state index in [1.54, 1.807) is 14.0 Å². The number of methoxy groups -OCH3 is 1. The maximum absolute atomic E-state index is 13.2. The molecule has 162 valence electrons. The number of aromatic nitrogens is 3. The van der Waals surface area contributed by atoms with Crippen molar-refractivity contribution in [2.75, 3.05) is 12.4 Å². The third-order valence-corrected chi connectivity index (χ3v) is 4.86. The van der Waals surface area contributed by atoms with E-state index in [2.05, 4.69) is 15.4 Å². The zero-order chi connectivity index (χ0) is 22.3. The average molecular weight is 428 g/mol. The minimum absolute atomic E-state index is 0.323. The van der Waals surface area contributed by atoms with Gasteiger partial charge in [-0.2, -0.15) is 9.67 Å². The van der Waals surface area contributed by atoms with Crippen LogP contribution in [0.4, 0.5) is 5.95 Å². The van der Waals surface area contributed by atoms with Crippen LogP contribution < -0.4 is 14.8 Å². The van der Waals surface area contributed by atoms with Gasteiger partial charge in [0.05, 0.1) is 7.11 Å². The van der Waals surface area contributed by atoms with Crippen LogP contribution in [0.1, 0.15) is 17.3 Å². The molecule has 0 saturated carbocycles. The molecule has 7 heteroatoms. The number of benzene rings is 3. The van der Waals surface area contributed by atoms with E-state index in [9.17, 15) is 4.79 Å². The minimum Gasteiger partial charge on any atom is -0.497 e. The molecule has 0 amide bonds. The summed E-state index contributed by atoms with van der Waals surface area (Å²) in [5, 5.41) is 7.71. The molecule has 4 rings (SSSR count). The molecule has 4 aromatic rings. The molecule has 0 radical (unpaired) electrons. The Hall–Kier alpha value is -4.13. The van der Waals surface area contributed by atoms with Crippen LogP contribution in [-0.2, 0) is 6.54 Å². The van der Waals surface area contributed by atoms with Crippen molar-refractivity contribution in [3.05, 3.63) is 90.5 Å². The van der Waals surface area contributed by atoms with Crippen molar-refractivity contribution in [1.29, 1.82) is 0 Å². The molecule has 0 spiro atoms. The molecule has 1 heterocycles. The van der Waals surface area contributed by atoms with Gasteiger partial charge in [-0.3, -0.25) is 4.79 Å². The zero-order valence-electron chi connectivity index (χ0n) is 17.9. The van der Waals surface area contributed by atoms with E-state index < -0.39 is 6.10 Å². The van der Waals surface area contributed by atoms with Crippen molar-refractivity contribution in [3.63, 3.8) is 0 Å². The van der Waals surface area contributed by atoms with Crippen molar-refractivity contribution in [2.24, 2.45) is 0 Å². The van der Waals surface area contributed by atoms with Gasteiger partial charge in [-0.05, 0) is 48.9 Å². The minimum atomic E-state index is -0.750. The zero-order valence-corrected chi connectivity index (χ0v) is 17.9. The number of nitrogens with zero attached hydrogens (tertiary/aromatic N) is 3. The smallest absolute Gasteiger partial charge is 0.290 e. The number of ether oxygens (including phenoxy) is 2. The number of para-hydroxylation sites is 1. The summed E-state index contributed by atoms with van der Waals surface area (Å²) in [4.78, 5) is 17.8. The van der Waals surface area contributed by atoms with Crippen molar-refractivity contribution < 1.29 is 14.3 Å². The Bertz CT molecular complexity index is 1160. The topological polar surface area (TPSA) is 78.3 Å². The summed E-state index contributed by atoms with van der Waals surface area (Å²) in [5.74, 6) is 1.81. The predicted molar refractivity (Wildman–Crippen MR) is 123 cm³/mol. The largest absolute Gasteiger partial charge is 0.497 e. The number of carbonyl (C=O) groups is 1. The van der Waals surface area contributed by atoms with E-state index in [0.29, 0.717) is 24.1 Å². The number of rotatable bonds is 8. The first-order chi connectivity index (χ1) is 15.6. The third-order valence-electron chi connectivity index (χ3n) is 4.86. The SMILES string of the molecule is COc1ccc(-c2nc(NCc3ccccc3)n(C(=O)C(C)Oc3ccccc3)n2)cc1. The van der Waals surface area contributed by atoms with Crippen LogP contribution in [0.15, 0.2) is 84.9 Å². The molecule has 1 aromatic heterocycles. The highest BCUT2D eigenvalue weighted by molar-refractivity contribution is 5.85. The van der Waals surface area contributed by atoms with Crippen LogP contribution in [0.25, 0.3) is 11.4 Å². The molecule has 0 fully saturated rings. The van der Waals surface area contributed by atoms with Gasteiger partial charge >= 0.3 is 0 Å². The van der Waals surface area contributed by atoms with Crippen LogP contribution in [0.3, 0.4) is 0 Å². The Morgan fingerprint density at radius 2 is 1.59 bits per heavy atom. The summed E-state index contributed by atoms with van der Waals surface area (Å²) in [6.45, 7) is 2.20. The summed E-state index contributed by atoms with van der Waals surface area (Å²) in [6, 6.07) is 26.5. The highest BCUT2D eigenvalue weighted by Crippen LogP contribution is 2.22. The maximum Gasteiger partial charge on any atom is 0.290 e. The van der Waals surface area contributed by atoms with E-state index in [4.69, 9.17) is 9.47 Å². The standard InChI is InChI=1S/C25H24N4O3/c1-18(32-22-11-7-4-8-12-22)24(30)29-25(26-17-19-9-5-3-6-10-19)27-23(28-29)20-13-15-21(31-2)16-14-20/h3-16,18H,17H2,1-2H3,(H,26,27,28). The van der Waals surface area contributed by atoms with Crippen LogP contribution in [0.5, 0.6) is 11.5 Å². The molecule has 0 aliphatic rings. The van der Waals surface area contributed by atoms with Crippen LogP contribution in [0, 0.1) is 0 Å². The van der Waals surface area contributed by atoms with E-state index in [1.165, 1.54) is 4.68 Å². The van der Waals surface area contributed by atoms with Crippen molar-refractivity contribution in [2.45, 2.75) is 19.6 Å². The lowest BCUT2D eigenvalue weighted by molar-refractivity contribution is 0.0713. The van der Waals surface area contributed by atoms with Gasteiger partial charge in [0, 0.05) is 12.1 Å². The summed E-state index contributed by atoms with van der Waals surface area (Å²) < 4.78 is 12.3. The average Bonchev–Trinajstić information content (AvgIpc) is 3.28. The monoisotopic (exact) mass is 428 g/mol. The number of nitrogens with one attached hydrogen (secondary N) is 1. The normalized spacial score (nSPS) is 11.6. The molecule has 32 heavy (non-hydrogen) atoms. The molecule has 1 atom stereocenters. The number of hydrogen-bond acceptors (Lipinski definition) is 6. The molecule has 1 unspecified atom stereocenters. The lowest BCUT2D eigenvalue weighted by Gasteiger charge is -2.14. The molecule has 1 N–H and O–H groups in total. The molecular weight excluding hydrogens is 404 g/mol. The maximum atomic E-state index is 13.2. The number of carbonyl (C=O) groups excluding carboxylic acids is 1. The van der Waals surface area contributed by atoms with E-state index in [0.717, 1.165) is 16.9 Å². The predicted octanol–water partition coefficient (Wildman–Crippen LogP) is 4.67. The Kier molecular flexibility index (Phi) is 6.46. The number of anilines is 1. The summed E-state index contributed by atoms with van der Waals surface area (Å²) in [5.41, 5.74) is 1.84. The van der Waals surface area contributed by atoms with Crippen LogP contribution in [-0.4, -0.2) is 33.9 Å². The van der Waals surface area contributed by atoms with Gasteiger partial charge in [0.2, 0.25) is 5.95 Å². The molecule has 7 nitrogen and oxygen atoms in total. The van der Waals surface area contributed by atoms with Crippen molar-refractivity contribution >= 4 is 11.9 Å². The summed E-state index contributed by atoms with van der Waals surface area (Å²) in [6.07, 6.45) is -0.750. The van der Waals surface area contributed by atoms with Gasteiger partial charge in [0.1, 0.15) is 11.5 Å². The summed E-state index contributed by atoms with van der Waals surface area (Å²) >= 11 is 0. The first kappa shape index (κ1) is 21.1. The van der Waals surface area contributed by atoms with E-state index >= 15 is 0 Å². The van der Waals surface area contributed by atoms with Crippen molar-refractivity contribution in [1.82, 2.24) is 14.8 Å². The van der Waals surface area contributed by atoms with Crippen LogP contribution >= 0.6 is 0 Å². The lowest BCUT2D eigenvalue weighted by atomic mass is 10.2. The van der Waals surface area contributed by atoms with Gasteiger partial charge < -0.3 is 14.8 Å². The second-order valence-electron chi connectivity index (χ2n) is 7.15. The molecular formula is C25H24N4O3. The first-order valence-electron chi connectivity index (χ1n) is 10.3. The van der Waals surface area contributed by atoms with Gasteiger partial charge in [-0.15, -0.1) is 5.10 Å². The van der Waals surface area contributed by atoms with Gasteiger partial charge in [-0.25, -0.2) is 0 Å². The third kappa shape index (κ3) is 4.95. The highest BCUT2D eigenvalue weighted by atomic mass is 16.5. The van der Waals surface area contributed by atoms with E-state index in [1.807, 2.05) is 84.9 Å². The molecule has 0 aliphatic carbocycles. The van der Waals surface area contributed by atoms with Crippen LogP contribution in [0.2, 0.25) is 0 Å². The van der Waals surface area contributed by atoms with Gasteiger partial charge in [0.15, 0.2) is 11.9 Å². The lowest BCUT2D eigenvalue weighted by Crippen LogP contribution is -2.31. The fourth-order valence-electron chi connectivity index (χ4n) is 3.15. The second-order valence-corrected chi connectivity index (χ2v) is 7.15. The Morgan fingerprint density at radius 3 is 2.25 bits per heavy atom. The van der Waals surface area contributed by atoms with Gasteiger partial charge in [-0.1, -0.05) is 48.5 Å². The Morgan fingerprint density at radius 1 is 0.938 bits per heavy atom. The second kappa shape index (κ2) is 9.78.